The molecule has 9 heteroatoms. The summed E-state index contributed by atoms with van der Waals surface area (Å²) in [6.07, 6.45) is 7.37. The molecule has 1 fully saturated rings. The van der Waals surface area contributed by atoms with Gasteiger partial charge in [0.2, 0.25) is 5.91 Å². The molecule has 0 radical (unpaired) electrons. The number of amides is 1. The maximum atomic E-state index is 13.3. The Balaban J connectivity index is 1.51. The van der Waals surface area contributed by atoms with Crippen molar-refractivity contribution in [1.29, 1.82) is 0 Å². The van der Waals surface area contributed by atoms with Gasteiger partial charge in [-0.2, -0.15) is 0 Å². The molecule has 2 aromatic carbocycles. The van der Waals surface area contributed by atoms with E-state index in [1.165, 1.54) is 11.8 Å². The summed E-state index contributed by atoms with van der Waals surface area (Å²) in [6, 6.07) is 9.57. The van der Waals surface area contributed by atoms with Crippen molar-refractivity contribution in [2.75, 3.05) is 50.6 Å². The minimum atomic E-state index is -0.123. The van der Waals surface area contributed by atoms with Crippen LogP contribution < -0.4 is 10.2 Å². The highest BCUT2D eigenvalue weighted by atomic mass is 35.5. The normalized spacial score (nSPS) is 18.0. The molecule has 2 aromatic rings. The van der Waals surface area contributed by atoms with E-state index in [0.29, 0.717) is 23.1 Å². The van der Waals surface area contributed by atoms with Crippen LogP contribution in [0, 0.1) is 5.92 Å². The first kappa shape index (κ1) is 26.9. The second kappa shape index (κ2) is 12.9. The van der Waals surface area contributed by atoms with Crippen molar-refractivity contribution in [3.63, 3.8) is 0 Å². The first-order chi connectivity index (χ1) is 17.5. The number of anilines is 2. The molecule has 36 heavy (non-hydrogen) atoms. The number of hydrogen-bond donors (Lipinski definition) is 1. The third kappa shape index (κ3) is 6.57. The van der Waals surface area contributed by atoms with Crippen molar-refractivity contribution in [2.24, 2.45) is 5.92 Å². The maximum absolute atomic E-state index is 13.3. The van der Waals surface area contributed by atoms with Crippen LogP contribution in [0.15, 0.2) is 56.8 Å². The molecule has 6 nitrogen and oxygen atoms in total. The van der Waals surface area contributed by atoms with E-state index < -0.39 is 0 Å². The molecule has 1 saturated heterocycles. The Kier molecular flexibility index (Phi) is 9.60. The number of halogens is 1. The van der Waals surface area contributed by atoms with Crippen molar-refractivity contribution in [3.05, 3.63) is 62.4 Å². The van der Waals surface area contributed by atoms with E-state index in [4.69, 9.17) is 16.3 Å². The van der Waals surface area contributed by atoms with Crippen LogP contribution in [0.2, 0.25) is 0 Å². The Morgan fingerprint density at radius 2 is 2.25 bits per heavy atom. The summed E-state index contributed by atoms with van der Waals surface area (Å²) in [5.41, 5.74) is 5.26. The predicted octanol–water partition coefficient (Wildman–Crippen LogP) is 6.25. The van der Waals surface area contributed by atoms with Gasteiger partial charge in [-0.1, -0.05) is 47.3 Å². The van der Waals surface area contributed by atoms with Gasteiger partial charge in [-0.25, -0.2) is 4.31 Å². The number of nitrogens with one attached hydrogen (secondary N) is 1. The number of carbonyl (C=O) groups is 2. The van der Waals surface area contributed by atoms with Gasteiger partial charge in [0, 0.05) is 68.1 Å². The van der Waals surface area contributed by atoms with Crippen molar-refractivity contribution in [3.8, 4) is 0 Å². The zero-order valence-electron chi connectivity index (χ0n) is 20.5. The summed E-state index contributed by atoms with van der Waals surface area (Å²) in [7, 11) is 3.70. The third-order valence-corrected chi connectivity index (χ3v) is 8.62. The number of fused-ring (bicyclic) bond motifs is 1. The Hall–Kier alpha value is -2.19. The highest BCUT2D eigenvalue weighted by Gasteiger charge is 2.28. The van der Waals surface area contributed by atoms with Crippen molar-refractivity contribution in [2.45, 2.75) is 19.3 Å². The SMILES string of the molecule is COCCCN(C)c1ccc(NC(=O)C2CCCN(SC3=CC=C=C(Cl)S3)C2)c2cccc(C=O)c12. The molecular weight excluding hydrogens is 514 g/mol. The van der Waals surface area contributed by atoms with Gasteiger partial charge in [0.25, 0.3) is 0 Å². The monoisotopic (exact) mass is 543 g/mol. The zero-order chi connectivity index (χ0) is 25.5. The molecule has 0 saturated carbocycles. The van der Waals surface area contributed by atoms with Gasteiger partial charge in [-0.3, -0.25) is 9.59 Å². The molecule has 2 aliphatic heterocycles. The number of aldehydes is 1. The molecule has 0 spiro atoms. The van der Waals surface area contributed by atoms with E-state index >= 15 is 0 Å². The molecule has 2 heterocycles. The fraction of sp³-hybridized carbons (Fsp3) is 0.370. The van der Waals surface area contributed by atoms with Gasteiger partial charge >= 0.3 is 0 Å². The van der Waals surface area contributed by atoms with Crippen LogP contribution in [0.25, 0.3) is 10.8 Å². The van der Waals surface area contributed by atoms with E-state index in [1.54, 1.807) is 19.1 Å². The Bertz CT molecular complexity index is 1230. The highest BCUT2D eigenvalue weighted by molar-refractivity contribution is 8.23. The highest BCUT2D eigenvalue weighted by Crippen LogP contribution is 2.41. The molecule has 0 aliphatic carbocycles. The van der Waals surface area contributed by atoms with E-state index in [0.717, 1.165) is 65.0 Å². The number of thioether (sulfide) groups is 1. The molecule has 190 valence electrons. The third-order valence-electron chi connectivity index (χ3n) is 6.27. The van der Waals surface area contributed by atoms with E-state index in [2.05, 4.69) is 20.3 Å². The number of benzene rings is 2. The van der Waals surface area contributed by atoms with Gasteiger partial charge in [-0.15, -0.1) is 0 Å². The summed E-state index contributed by atoms with van der Waals surface area (Å²) in [4.78, 5) is 27.4. The average Bonchev–Trinajstić information content (AvgIpc) is 2.88. The first-order valence-electron chi connectivity index (χ1n) is 11.9. The lowest BCUT2D eigenvalue weighted by molar-refractivity contribution is -0.120. The van der Waals surface area contributed by atoms with E-state index in [-0.39, 0.29) is 11.8 Å². The van der Waals surface area contributed by atoms with Crippen LogP contribution >= 0.6 is 35.3 Å². The van der Waals surface area contributed by atoms with Gasteiger partial charge in [0.05, 0.1) is 10.2 Å². The van der Waals surface area contributed by atoms with Crippen LogP contribution in [-0.2, 0) is 9.53 Å². The fourth-order valence-corrected chi connectivity index (χ4v) is 6.95. The first-order valence-corrected chi connectivity index (χ1v) is 13.9. The lowest BCUT2D eigenvalue weighted by Gasteiger charge is -2.31. The summed E-state index contributed by atoms with van der Waals surface area (Å²) in [5.74, 6) is -0.120. The second-order valence-electron chi connectivity index (χ2n) is 8.77. The lowest BCUT2D eigenvalue weighted by Crippen LogP contribution is -2.37. The number of piperidine rings is 1. The lowest BCUT2D eigenvalue weighted by atomic mass is 9.97. The Morgan fingerprint density at radius 1 is 1.39 bits per heavy atom. The molecule has 1 amide bonds. The van der Waals surface area contributed by atoms with Crippen LogP contribution in [0.4, 0.5) is 11.4 Å². The molecule has 0 aromatic heterocycles. The largest absolute Gasteiger partial charge is 0.385 e. The number of hydrogen-bond acceptors (Lipinski definition) is 7. The molecule has 0 bridgehead atoms. The quantitative estimate of drug-likeness (QED) is 0.164. The number of carbonyl (C=O) groups excluding carboxylic acids is 2. The Labute approximate surface area is 225 Å². The molecular formula is C27H30ClN3O3S2. The number of rotatable bonds is 10. The van der Waals surface area contributed by atoms with Gasteiger partial charge in [-0.05, 0) is 55.5 Å². The van der Waals surface area contributed by atoms with Gasteiger partial charge < -0.3 is 15.0 Å². The maximum Gasteiger partial charge on any atom is 0.228 e. The predicted molar refractivity (Wildman–Crippen MR) is 153 cm³/mol. The number of allylic oxidation sites excluding steroid dienone is 2. The second-order valence-corrected chi connectivity index (χ2v) is 11.8. The van der Waals surface area contributed by atoms with Gasteiger partial charge in [0.1, 0.15) is 4.36 Å². The minimum absolute atomic E-state index is 0.00223. The van der Waals surface area contributed by atoms with Crippen molar-refractivity contribution in [1.82, 2.24) is 4.31 Å². The summed E-state index contributed by atoms with van der Waals surface area (Å²) >= 11 is 9.23. The number of ether oxygens (including phenoxy) is 1. The van der Waals surface area contributed by atoms with Crippen molar-refractivity contribution < 1.29 is 14.3 Å². The fourth-order valence-electron chi connectivity index (χ4n) is 4.49. The number of nitrogens with zero attached hydrogens (tertiary/aromatic N) is 2. The smallest absolute Gasteiger partial charge is 0.228 e. The molecule has 1 atom stereocenters. The van der Waals surface area contributed by atoms with Crippen molar-refractivity contribution >= 4 is 69.7 Å². The zero-order valence-corrected chi connectivity index (χ0v) is 22.8. The average molecular weight is 544 g/mol. The standard InChI is InChI=1S/C27H30ClN3O3S2/c1-30(14-6-16-34-2)23-13-12-22(21-9-3-7-20(18-32)26(21)23)29-27(33)19-8-5-15-31(17-19)36-25-11-4-10-24(28)35-25/h3-4,7,9,11-13,18-19H,5-6,8,14-17H2,1-2H3,(H,29,33). The molecule has 2 aliphatic rings. The Morgan fingerprint density at radius 3 is 3.03 bits per heavy atom. The summed E-state index contributed by atoms with van der Waals surface area (Å²) < 4.78 is 9.12. The molecule has 1 unspecified atom stereocenters. The van der Waals surface area contributed by atoms with Crippen LogP contribution in [0.1, 0.15) is 29.6 Å². The minimum Gasteiger partial charge on any atom is -0.385 e. The van der Waals surface area contributed by atoms with E-state index in [9.17, 15) is 9.59 Å². The van der Waals surface area contributed by atoms with Crippen LogP contribution in [-0.4, -0.2) is 56.9 Å². The van der Waals surface area contributed by atoms with Gasteiger partial charge in [0.15, 0.2) is 6.29 Å². The molecule has 1 N–H and O–H groups in total. The van der Waals surface area contributed by atoms with E-state index in [1.807, 2.05) is 49.5 Å². The molecule has 4 rings (SSSR count). The number of methoxy groups -OCH3 is 1. The van der Waals surface area contributed by atoms with Crippen LogP contribution in [0.3, 0.4) is 0 Å². The summed E-state index contributed by atoms with van der Waals surface area (Å²) in [6.45, 7) is 3.05. The van der Waals surface area contributed by atoms with Crippen LogP contribution in [0.5, 0.6) is 0 Å². The topological polar surface area (TPSA) is 61.9 Å². The summed E-state index contributed by atoms with van der Waals surface area (Å²) in [5, 5.41) is 4.88.